The number of hydrogen-bond acceptors (Lipinski definition) is 5. The van der Waals surface area contributed by atoms with Crippen molar-refractivity contribution in [2.45, 2.75) is 4.90 Å². The summed E-state index contributed by atoms with van der Waals surface area (Å²) in [5, 5.41) is 13.3. The Balaban J connectivity index is 2.20. The minimum absolute atomic E-state index is 0.0279. The number of carbonyl (C=O) groups excluding carboxylic acids is 1. The van der Waals surface area contributed by atoms with E-state index in [1.807, 2.05) is 12.3 Å². The van der Waals surface area contributed by atoms with Crippen molar-refractivity contribution in [3.8, 4) is 5.75 Å². The molecule has 0 atom stereocenters. The minimum Gasteiger partial charge on any atom is -0.496 e. The molecule has 2 aromatic rings. The number of nitro groups is 1. The predicted octanol–water partition coefficient (Wildman–Crippen LogP) is 3.58. The average molecular weight is 318 g/mol. The molecular weight excluding hydrogens is 304 g/mol. The zero-order valence-electron chi connectivity index (χ0n) is 12.0. The number of methoxy groups -OCH3 is 1. The fourth-order valence-electron chi connectivity index (χ4n) is 1.85. The van der Waals surface area contributed by atoms with Gasteiger partial charge in [-0.2, -0.15) is 0 Å². The molecular formula is C15H14N2O4S. The van der Waals surface area contributed by atoms with Crippen molar-refractivity contribution in [3.63, 3.8) is 0 Å². The Morgan fingerprint density at radius 3 is 2.45 bits per heavy atom. The van der Waals surface area contributed by atoms with Crippen molar-refractivity contribution < 1.29 is 14.5 Å². The second-order valence-electron chi connectivity index (χ2n) is 4.32. The summed E-state index contributed by atoms with van der Waals surface area (Å²) in [6.45, 7) is 0. The summed E-state index contributed by atoms with van der Waals surface area (Å²) in [6, 6.07) is 10.9. The number of nitrogens with one attached hydrogen (secondary N) is 1. The van der Waals surface area contributed by atoms with Crippen LogP contribution in [-0.2, 0) is 0 Å². The summed E-state index contributed by atoms with van der Waals surface area (Å²) < 4.78 is 5.23. The lowest BCUT2D eigenvalue weighted by atomic mass is 10.2. The quantitative estimate of drug-likeness (QED) is 0.518. The van der Waals surface area contributed by atoms with E-state index in [1.54, 1.807) is 23.9 Å². The predicted molar refractivity (Wildman–Crippen MR) is 85.8 cm³/mol. The van der Waals surface area contributed by atoms with Gasteiger partial charge in [-0.3, -0.25) is 14.9 Å². The minimum atomic E-state index is -0.490. The van der Waals surface area contributed by atoms with E-state index in [0.717, 1.165) is 4.90 Å². The van der Waals surface area contributed by atoms with Gasteiger partial charge in [-0.25, -0.2) is 0 Å². The number of ether oxygens (including phenoxy) is 1. The molecule has 0 spiro atoms. The van der Waals surface area contributed by atoms with Gasteiger partial charge in [0.2, 0.25) is 0 Å². The first-order valence-electron chi connectivity index (χ1n) is 6.33. The van der Waals surface area contributed by atoms with Gasteiger partial charge in [0.25, 0.3) is 11.6 Å². The molecule has 2 rings (SSSR count). The highest BCUT2D eigenvalue weighted by Gasteiger charge is 2.13. The zero-order chi connectivity index (χ0) is 16.1. The number of amides is 1. The average Bonchev–Trinajstić information content (AvgIpc) is 2.54. The molecule has 0 fully saturated rings. The topological polar surface area (TPSA) is 81.5 Å². The lowest BCUT2D eigenvalue weighted by Crippen LogP contribution is -2.13. The summed E-state index contributed by atoms with van der Waals surface area (Å²) in [5.74, 6) is 0.143. The summed E-state index contributed by atoms with van der Waals surface area (Å²) in [4.78, 5) is 23.4. The second kappa shape index (κ2) is 6.95. The normalized spacial score (nSPS) is 10.1. The summed E-state index contributed by atoms with van der Waals surface area (Å²) in [7, 11) is 1.50. The van der Waals surface area contributed by atoms with Crippen LogP contribution in [0.4, 0.5) is 11.4 Å². The fourth-order valence-corrected chi connectivity index (χ4v) is 2.28. The largest absolute Gasteiger partial charge is 0.496 e. The molecule has 0 aliphatic heterocycles. The maximum absolute atomic E-state index is 12.3. The van der Waals surface area contributed by atoms with Crippen LogP contribution in [0.2, 0.25) is 0 Å². The number of non-ortho nitro benzene ring substituents is 1. The number of benzene rings is 2. The van der Waals surface area contributed by atoms with Gasteiger partial charge in [0.15, 0.2) is 0 Å². The zero-order valence-corrected chi connectivity index (χ0v) is 12.8. The summed E-state index contributed by atoms with van der Waals surface area (Å²) in [6.07, 6.45) is 1.94. The summed E-state index contributed by atoms with van der Waals surface area (Å²) >= 11 is 1.55. The van der Waals surface area contributed by atoms with Crippen molar-refractivity contribution in [2.75, 3.05) is 18.7 Å². The number of nitrogens with zero attached hydrogens (tertiary/aromatic N) is 1. The fraction of sp³-hybridized carbons (Fsp3) is 0.133. The number of nitro benzene ring substituents is 1. The van der Waals surface area contributed by atoms with E-state index in [0.29, 0.717) is 17.0 Å². The Labute approximate surface area is 131 Å². The highest BCUT2D eigenvalue weighted by atomic mass is 32.2. The molecule has 114 valence electrons. The Morgan fingerprint density at radius 2 is 1.91 bits per heavy atom. The van der Waals surface area contributed by atoms with Gasteiger partial charge >= 0.3 is 0 Å². The molecule has 0 aromatic heterocycles. The third kappa shape index (κ3) is 3.56. The van der Waals surface area contributed by atoms with Crippen LogP contribution < -0.4 is 10.1 Å². The molecule has 0 saturated carbocycles. The molecule has 22 heavy (non-hydrogen) atoms. The van der Waals surface area contributed by atoms with Crippen LogP contribution in [0.5, 0.6) is 5.75 Å². The lowest BCUT2D eigenvalue weighted by Gasteiger charge is -2.10. The van der Waals surface area contributed by atoms with E-state index in [1.165, 1.54) is 31.4 Å². The molecule has 0 unspecified atom stereocenters. The monoisotopic (exact) mass is 318 g/mol. The lowest BCUT2D eigenvalue weighted by molar-refractivity contribution is -0.384. The number of carbonyl (C=O) groups is 1. The molecule has 6 nitrogen and oxygen atoms in total. The first kappa shape index (κ1) is 15.8. The first-order valence-corrected chi connectivity index (χ1v) is 7.55. The van der Waals surface area contributed by atoms with E-state index in [2.05, 4.69) is 5.32 Å². The van der Waals surface area contributed by atoms with Crippen LogP contribution >= 0.6 is 11.8 Å². The molecule has 2 aromatic carbocycles. The van der Waals surface area contributed by atoms with Crippen LogP contribution in [0.25, 0.3) is 0 Å². The molecule has 0 radical (unpaired) electrons. The Bertz CT molecular complexity index is 701. The van der Waals surface area contributed by atoms with E-state index in [4.69, 9.17) is 4.74 Å². The van der Waals surface area contributed by atoms with Crippen molar-refractivity contribution in [1.82, 2.24) is 0 Å². The second-order valence-corrected chi connectivity index (χ2v) is 5.20. The molecule has 1 amide bonds. The van der Waals surface area contributed by atoms with Crippen molar-refractivity contribution in [1.29, 1.82) is 0 Å². The number of hydrogen-bond donors (Lipinski definition) is 1. The Hall–Kier alpha value is -2.54. The van der Waals surface area contributed by atoms with Crippen LogP contribution in [0.3, 0.4) is 0 Å². The van der Waals surface area contributed by atoms with E-state index >= 15 is 0 Å². The van der Waals surface area contributed by atoms with Gasteiger partial charge in [0, 0.05) is 22.7 Å². The SMILES string of the molecule is COc1cc(SC)ccc1C(=O)Nc1ccc([N+](=O)[O-])cc1. The van der Waals surface area contributed by atoms with Gasteiger partial charge in [-0.1, -0.05) is 0 Å². The Kier molecular flexibility index (Phi) is 5.00. The highest BCUT2D eigenvalue weighted by Crippen LogP contribution is 2.26. The maximum Gasteiger partial charge on any atom is 0.269 e. The highest BCUT2D eigenvalue weighted by molar-refractivity contribution is 7.98. The van der Waals surface area contributed by atoms with E-state index in [-0.39, 0.29) is 11.6 Å². The Morgan fingerprint density at radius 1 is 1.23 bits per heavy atom. The number of anilines is 1. The molecule has 7 heteroatoms. The standard InChI is InChI=1S/C15H14N2O4S/c1-21-14-9-12(22-2)7-8-13(14)15(18)16-10-3-5-11(6-4-10)17(19)20/h3-9H,1-2H3,(H,16,18). The van der Waals surface area contributed by atoms with Gasteiger partial charge in [-0.15, -0.1) is 11.8 Å². The van der Waals surface area contributed by atoms with Crippen molar-refractivity contribution >= 4 is 29.0 Å². The molecule has 0 heterocycles. The third-order valence-corrected chi connectivity index (χ3v) is 3.71. The van der Waals surface area contributed by atoms with Gasteiger partial charge < -0.3 is 10.1 Å². The van der Waals surface area contributed by atoms with Crippen molar-refractivity contribution in [2.24, 2.45) is 0 Å². The van der Waals surface area contributed by atoms with E-state index < -0.39 is 4.92 Å². The van der Waals surface area contributed by atoms with Gasteiger partial charge in [0.1, 0.15) is 5.75 Å². The number of rotatable bonds is 5. The first-order chi connectivity index (χ1) is 10.5. The summed E-state index contributed by atoms with van der Waals surface area (Å²) in [5.41, 5.74) is 0.852. The molecule has 1 N–H and O–H groups in total. The molecule has 0 aliphatic carbocycles. The smallest absolute Gasteiger partial charge is 0.269 e. The van der Waals surface area contributed by atoms with Gasteiger partial charge in [-0.05, 0) is 36.6 Å². The van der Waals surface area contributed by atoms with Crippen LogP contribution in [0, 0.1) is 10.1 Å². The molecule has 0 saturated heterocycles. The van der Waals surface area contributed by atoms with Crippen LogP contribution in [-0.4, -0.2) is 24.2 Å². The molecule has 0 aliphatic rings. The van der Waals surface area contributed by atoms with E-state index in [9.17, 15) is 14.9 Å². The third-order valence-electron chi connectivity index (χ3n) is 2.99. The van der Waals surface area contributed by atoms with Gasteiger partial charge in [0.05, 0.1) is 17.6 Å². The maximum atomic E-state index is 12.3. The molecule has 0 bridgehead atoms. The van der Waals surface area contributed by atoms with Crippen LogP contribution in [0.15, 0.2) is 47.4 Å². The number of thioether (sulfide) groups is 1. The van der Waals surface area contributed by atoms with Crippen molar-refractivity contribution in [3.05, 3.63) is 58.1 Å². The van der Waals surface area contributed by atoms with Crippen LogP contribution in [0.1, 0.15) is 10.4 Å².